The van der Waals surface area contributed by atoms with Crippen LogP contribution in [-0.2, 0) is 14.3 Å². The average Bonchev–Trinajstić information content (AvgIpc) is 2.77. The number of nitrogens with one attached hydrogen (secondary N) is 1. The van der Waals surface area contributed by atoms with Gasteiger partial charge in [0.15, 0.2) is 0 Å². The second-order valence-corrected chi connectivity index (χ2v) is 9.69. The number of nitro benzene ring substituents is 1. The molecule has 2 aliphatic rings. The van der Waals surface area contributed by atoms with Crippen LogP contribution in [0.15, 0.2) is 18.2 Å². The molecule has 0 bridgehead atoms. The molecule has 0 aromatic heterocycles. The highest BCUT2D eigenvalue weighted by Gasteiger charge is 2.34. The molecule has 9 nitrogen and oxygen atoms in total. The Morgan fingerprint density at radius 2 is 1.94 bits per heavy atom. The minimum atomic E-state index is -0.793. The molecule has 2 fully saturated rings. The predicted molar refractivity (Wildman–Crippen MR) is 125 cm³/mol. The summed E-state index contributed by atoms with van der Waals surface area (Å²) in [4.78, 5) is 36.8. The monoisotopic (exact) mass is 461 g/mol. The van der Waals surface area contributed by atoms with Crippen LogP contribution < -0.4 is 10.2 Å². The predicted octanol–water partition coefficient (Wildman–Crippen LogP) is 4.31. The highest BCUT2D eigenvalue weighted by atomic mass is 16.6. The summed E-state index contributed by atoms with van der Waals surface area (Å²) < 4.78 is 5.99. The number of ether oxygens (including phenoxy) is 1. The third-order valence-corrected chi connectivity index (χ3v) is 7.09. The van der Waals surface area contributed by atoms with Crippen molar-refractivity contribution in [3.63, 3.8) is 0 Å². The zero-order valence-corrected chi connectivity index (χ0v) is 19.7. The minimum absolute atomic E-state index is 0.0105. The smallest absolute Gasteiger partial charge is 0.306 e. The van der Waals surface area contributed by atoms with Crippen LogP contribution in [0.5, 0.6) is 0 Å². The van der Waals surface area contributed by atoms with Crippen molar-refractivity contribution in [1.82, 2.24) is 0 Å². The Bertz CT molecular complexity index is 866. The molecule has 9 heteroatoms. The maximum absolute atomic E-state index is 12.7. The third-order valence-electron chi connectivity index (χ3n) is 7.09. The number of carbonyl (C=O) groups excluding carboxylic acids is 1. The lowest BCUT2D eigenvalue weighted by molar-refractivity contribution is -0.383. The fraction of sp³-hybridized carbons (Fsp3) is 0.667. The van der Waals surface area contributed by atoms with Gasteiger partial charge in [-0.1, -0.05) is 33.6 Å². The molecule has 3 rings (SSSR count). The lowest BCUT2D eigenvalue weighted by Crippen LogP contribution is -2.38. The van der Waals surface area contributed by atoms with Crippen molar-refractivity contribution in [2.24, 2.45) is 23.7 Å². The van der Waals surface area contributed by atoms with E-state index in [1.54, 1.807) is 12.1 Å². The van der Waals surface area contributed by atoms with E-state index in [2.05, 4.69) is 26.1 Å². The number of nitro groups is 1. The van der Waals surface area contributed by atoms with Crippen molar-refractivity contribution in [2.45, 2.75) is 59.0 Å². The number of amides is 1. The highest BCUT2D eigenvalue weighted by molar-refractivity contribution is 5.94. The van der Waals surface area contributed by atoms with Crippen LogP contribution in [0, 0.1) is 33.8 Å². The van der Waals surface area contributed by atoms with E-state index in [9.17, 15) is 24.8 Å². The largest absolute Gasteiger partial charge is 0.481 e. The Morgan fingerprint density at radius 3 is 2.55 bits per heavy atom. The molecule has 1 aromatic rings. The van der Waals surface area contributed by atoms with Crippen molar-refractivity contribution in [3.8, 4) is 0 Å². The van der Waals surface area contributed by atoms with Gasteiger partial charge in [0.05, 0.1) is 16.9 Å². The maximum atomic E-state index is 12.7. The van der Waals surface area contributed by atoms with Crippen LogP contribution in [0.3, 0.4) is 0 Å². The molecule has 182 valence electrons. The van der Waals surface area contributed by atoms with Gasteiger partial charge in [0, 0.05) is 24.8 Å². The molecule has 1 aliphatic carbocycles. The van der Waals surface area contributed by atoms with Gasteiger partial charge in [-0.2, -0.15) is 0 Å². The van der Waals surface area contributed by atoms with Gasteiger partial charge in [0.25, 0.3) is 11.6 Å². The van der Waals surface area contributed by atoms with Gasteiger partial charge in [-0.3, -0.25) is 19.7 Å². The quantitative estimate of drug-likeness (QED) is 0.437. The van der Waals surface area contributed by atoms with E-state index in [-0.39, 0.29) is 30.0 Å². The van der Waals surface area contributed by atoms with E-state index in [1.165, 1.54) is 6.07 Å². The lowest BCUT2D eigenvalue weighted by atomic mass is 9.72. The summed E-state index contributed by atoms with van der Waals surface area (Å²) in [6.45, 7) is 7.53. The molecule has 33 heavy (non-hydrogen) atoms. The Labute approximate surface area is 194 Å². The molecule has 0 spiro atoms. The first-order valence-electron chi connectivity index (χ1n) is 11.8. The van der Waals surface area contributed by atoms with Crippen LogP contribution in [0.4, 0.5) is 17.1 Å². The van der Waals surface area contributed by atoms with E-state index in [0.717, 1.165) is 24.9 Å². The fourth-order valence-corrected chi connectivity index (χ4v) is 5.41. The maximum Gasteiger partial charge on any atom is 0.306 e. The molecule has 0 radical (unpaired) electrons. The topological polar surface area (TPSA) is 122 Å². The van der Waals surface area contributed by atoms with Crippen molar-refractivity contribution < 1.29 is 24.4 Å². The number of benzene rings is 1. The van der Waals surface area contributed by atoms with Gasteiger partial charge >= 0.3 is 5.97 Å². The van der Waals surface area contributed by atoms with Crippen molar-refractivity contribution in [2.75, 3.05) is 29.9 Å². The molecule has 1 heterocycles. The van der Waals surface area contributed by atoms with Crippen LogP contribution >= 0.6 is 0 Å². The van der Waals surface area contributed by atoms with E-state index < -0.39 is 16.8 Å². The molecule has 1 amide bonds. The highest BCUT2D eigenvalue weighted by Crippen LogP contribution is 2.37. The Kier molecular flexibility index (Phi) is 8.29. The summed E-state index contributed by atoms with van der Waals surface area (Å²) in [5, 5.41) is 23.4. The summed E-state index contributed by atoms with van der Waals surface area (Å²) in [5.74, 6) is -0.198. The van der Waals surface area contributed by atoms with Gasteiger partial charge in [-0.25, -0.2) is 0 Å². The Morgan fingerprint density at radius 1 is 1.24 bits per heavy atom. The van der Waals surface area contributed by atoms with Gasteiger partial charge in [-0.15, -0.1) is 0 Å². The second kappa shape index (κ2) is 11.0. The van der Waals surface area contributed by atoms with Crippen LogP contribution in [0.2, 0.25) is 0 Å². The van der Waals surface area contributed by atoms with Crippen LogP contribution in [0.25, 0.3) is 0 Å². The summed E-state index contributed by atoms with van der Waals surface area (Å²) in [6.07, 6.45) is 4.19. The van der Waals surface area contributed by atoms with E-state index >= 15 is 0 Å². The molecule has 1 saturated carbocycles. The SMILES string of the molecule is CC(C)C1C(C)CCCC1OCC(=O)Nc1cc(N2CCC(C(=O)O)CC2)ccc1[N+](=O)[O-]. The molecular formula is C24H35N3O6. The van der Waals surface area contributed by atoms with Crippen LogP contribution in [-0.4, -0.2) is 47.7 Å². The number of rotatable bonds is 8. The molecular weight excluding hydrogens is 426 g/mol. The molecule has 2 N–H and O–H groups in total. The van der Waals surface area contributed by atoms with Gasteiger partial charge < -0.3 is 20.1 Å². The first-order chi connectivity index (χ1) is 15.7. The molecule has 3 unspecified atom stereocenters. The molecule has 1 aromatic carbocycles. The number of carboxylic acids is 1. The number of anilines is 2. The average molecular weight is 462 g/mol. The normalized spacial score (nSPS) is 24.0. The zero-order valence-electron chi connectivity index (χ0n) is 19.7. The van der Waals surface area contributed by atoms with Gasteiger partial charge in [-0.05, 0) is 49.1 Å². The van der Waals surface area contributed by atoms with E-state index in [4.69, 9.17) is 4.74 Å². The Balaban J connectivity index is 1.66. The number of nitrogens with zero attached hydrogens (tertiary/aromatic N) is 2. The standard InChI is InChI=1S/C24H35N3O6/c1-15(2)23-16(3)5-4-6-21(23)33-14-22(28)25-19-13-18(7-8-20(19)27(31)32)26-11-9-17(10-12-26)24(29)30/h7-8,13,15-17,21,23H,4-6,9-12,14H2,1-3H3,(H,25,28)(H,29,30). The fourth-order valence-electron chi connectivity index (χ4n) is 5.41. The van der Waals surface area contributed by atoms with E-state index in [1.807, 2.05) is 4.90 Å². The summed E-state index contributed by atoms with van der Waals surface area (Å²) in [5.41, 5.74) is 0.671. The lowest BCUT2D eigenvalue weighted by Gasteiger charge is -2.38. The zero-order chi connectivity index (χ0) is 24.1. The minimum Gasteiger partial charge on any atom is -0.481 e. The second-order valence-electron chi connectivity index (χ2n) is 9.69. The van der Waals surface area contributed by atoms with Crippen molar-refractivity contribution in [3.05, 3.63) is 28.3 Å². The number of hydrogen-bond acceptors (Lipinski definition) is 6. The van der Waals surface area contributed by atoms with Crippen LogP contribution in [0.1, 0.15) is 52.9 Å². The summed E-state index contributed by atoms with van der Waals surface area (Å²) in [7, 11) is 0. The number of carbonyl (C=O) groups is 2. The van der Waals surface area contributed by atoms with Gasteiger partial charge in [0.2, 0.25) is 0 Å². The molecule has 3 atom stereocenters. The van der Waals surface area contributed by atoms with Crippen molar-refractivity contribution in [1.29, 1.82) is 0 Å². The first-order valence-corrected chi connectivity index (χ1v) is 11.8. The Hall–Kier alpha value is -2.68. The number of hydrogen-bond donors (Lipinski definition) is 2. The third kappa shape index (κ3) is 6.22. The summed E-state index contributed by atoms with van der Waals surface area (Å²) in [6, 6.07) is 4.62. The summed E-state index contributed by atoms with van der Waals surface area (Å²) >= 11 is 0. The van der Waals surface area contributed by atoms with Crippen molar-refractivity contribution >= 4 is 28.9 Å². The molecule has 1 saturated heterocycles. The number of piperidine rings is 1. The number of aliphatic carboxylic acids is 1. The van der Waals surface area contributed by atoms with Gasteiger partial charge in [0.1, 0.15) is 12.3 Å². The number of carboxylic acid groups (broad SMARTS) is 1. The van der Waals surface area contributed by atoms with E-state index in [0.29, 0.717) is 43.7 Å². The molecule has 1 aliphatic heterocycles. The first kappa shape index (κ1) is 25.0.